The number of ketones is 1. The maximum absolute atomic E-state index is 12.6. The van der Waals surface area contributed by atoms with Gasteiger partial charge >= 0.3 is 0 Å². The second-order valence-corrected chi connectivity index (χ2v) is 6.50. The van der Waals surface area contributed by atoms with Crippen LogP contribution >= 0.6 is 34.5 Å². The molecule has 0 saturated carbocycles. The van der Waals surface area contributed by atoms with Gasteiger partial charge in [0.25, 0.3) is 0 Å². The maximum Gasteiger partial charge on any atom is 0.206 e. The van der Waals surface area contributed by atoms with Crippen LogP contribution in [0.1, 0.15) is 15.2 Å². The molecule has 0 aliphatic carbocycles. The summed E-state index contributed by atoms with van der Waals surface area (Å²) in [5, 5.41) is 4.39. The number of nitrogen functional groups attached to an aromatic ring is 1. The van der Waals surface area contributed by atoms with Gasteiger partial charge in [0.05, 0.1) is 10.0 Å². The molecule has 1 heterocycles. The first-order valence-corrected chi connectivity index (χ1v) is 8.20. The van der Waals surface area contributed by atoms with Gasteiger partial charge in [-0.3, -0.25) is 4.79 Å². The number of para-hydroxylation sites is 1. The van der Waals surface area contributed by atoms with E-state index in [0.29, 0.717) is 25.6 Å². The van der Waals surface area contributed by atoms with Gasteiger partial charge in [0.1, 0.15) is 10.7 Å². The van der Waals surface area contributed by atoms with Crippen molar-refractivity contribution in [2.75, 3.05) is 11.1 Å². The lowest BCUT2D eigenvalue weighted by Crippen LogP contribution is -2.02. The monoisotopic (exact) mass is 363 g/mol. The van der Waals surface area contributed by atoms with Gasteiger partial charge < -0.3 is 11.1 Å². The first-order valence-electron chi connectivity index (χ1n) is 6.62. The number of thiazole rings is 1. The zero-order valence-electron chi connectivity index (χ0n) is 11.7. The molecule has 23 heavy (non-hydrogen) atoms. The number of carbonyl (C=O) groups is 1. The molecule has 0 saturated heterocycles. The highest BCUT2D eigenvalue weighted by Gasteiger charge is 2.19. The Morgan fingerprint density at radius 3 is 2.52 bits per heavy atom. The predicted molar refractivity (Wildman–Crippen MR) is 96.1 cm³/mol. The number of nitrogens with zero attached hydrogens (tertiary/aromatic N) is 1. The van der Waals surface area contributed by atoms with Crippen molar-refractivity contribution in [1.82, 2.24) is 4.98 Å². The predicted octanol–water partition coefficient (Wildman–Crippen LogP) is 5.01. The van der Waals surface area contributed by atoms with Gasteiger partial charge in [-0.15, -0.1) is 0 Å². The van der Waals surface area contributed by atoms with Gasteiger partial charge in [0.15, 0.2) is 5.13 Å². The molecule has 0 aliphatic heterocycles. The van der Waals surface area contributed by atoms with Gasteiger partial charge in [-0.1, -0.05) is 52.7 Å². The summed E-state index contributed by atoms with van der Waals surface area (Å²) in [4.78, 5) is 17.1. The second kappa shape index (κ2) is 6.58. The Balaban J connectivity index is 1.88. The Labute approximate surface area is 146 Å². The van der Waals surface area contributed by atoms with Crippen molar-refractivity contribution >= 4 is 57.0 Å². The highest BCUT2D eigenvalue weighted by Crippen LogP contribution is 2.31. The third-order valence-corrected chi connectivity index (χ3v) is 4.79. The lowest BCUT2D eigenvalue weighted by molar-refractivity contribution is 0.104. The lowest BCUT2D eigenvalue weighted by Gasteiger charge is -2.01. The summed E-state index contributed by atoms with van der Waals surface area (Å²) in [6.45, 7) is 0. The Bertz CT molecular complexity index is 865. The molecular weight excluding hydrogens is 353 g/mol. The molecule has 0 bridgehead atoms. The van der Waals surface area contributed by atoms with E-state index in [-0.39, 0.29) is 11.6 Å². The third kappa shape index (κ3) is 3.47. The van der Waals surface area contributed by atoms with E-state index in [0.717, 1.165) is 5.69 Å². The molecular formula is C16H11Cl2N3OS. The fourth-order valence-corrected chi connectivity index (χ4v) is 3.13. The number of nitrogens with two attached hydrogens (primary N) is 1. The Morgan fingerprint density at radius 1 is 1.09 bits per heavy atom. The number of nitrogens with one attached hydrogen (secondary N) is 1. The minimum absolute atomic E-state index is 0.185. The molecule has 0 fully saturated rings. The van der Waals surface area contributed by atoms with Crippen molar-refractivity contribution in [3.63, 3.8) is 0 Å². The molecule has 0 unspecified atom stereocenters. The average Bonchev–Trinajstić information content (AvgIpc) is 2.90. The van der Waals surface area contributed by atoms with Gasteiger partial charge in [0.2, 0.25) is 5.78 Å². The van der Waals surface area contributed by atoms with Crippen LogP contribution in [0.15, 0.2) is 48.5 Å². The summed E-state index contributed by atoms with van der Waals surface area (Å²) in [6, 6.07) is 14.2. The standard InChI is InChI=1S/C16H11Cl2N3OS/c17-11-7-6-9(8-12(11)18)13(22)14-15(19)21-16(23-14)20-10-4-2-1-3-5-10/h1-8H,19H2,(H,20,21). The lowest BCUT2D eigenvalue weighted by atomic mass is 10.1. The summed E-state index contributed by atoms with van der Waals surface area (Å²) in [5.41, 5.74) is 7.17. The average molecular weight is 364 g/mol. The van der Waals surface area contributed by atoms with Gasteiger partial charge in [0, 0.05) is 11.3 Å². The maximum atomic E-state index is 12.6. The van der Waals surface area contributed by atoms with Crippen molar-refractivity contribution < 1.29 is 4.79 Å². The van der Waals surface area contributed by atoms with E-state index in [2.05, 4.69) is 10.3 Å². The summed E-state index contributed by atoms with van der Waals surface area (Å²) in [6.07, 6.45) is 0. The van der Waals surface area contributed by atoms with Crippen LogP contribution in [0.4, 0.5) is 16.6 Å². The van der Waals surface area contributed by atoms with E-state index in [1.165, 1.54) is 17.4 Å². The van der Waals surface area contributed by atoms with Crippen molar-refractivity contribution in [2.45, 2.75) is 0 Å². The minimum atomic E-state index is -0.236. The van der Waals surface area contributed by atoms with Crippen molar-refractivity contribution in [1.29, 1.82) is 0 Å². The first-order chi connectivity index (χ1) is 11.0. The molecule has 116 valence electrons. The number of carbonyl (C=O) groups excluding carboxylic acids is 1. The highest BCUT2D eigenvalue weighted by molar-refractivity contribution is 7.18. The van der Waals surface area contributed by atoms with E-state index >= 15 is 0 Å². The van der Waals surface area contributed by atoms with Gasteiger partial charge in [-0.2, -0.15) is 0 Å². The topological polar surface area (TPSA) is 68.0 Å². The van der Waals surface area contributed by atoms with Crippen LogP contribution in [0.5, 0.6) is 0 Å². The van der Waals surface area contributed by atoms with Crippen LogP contribution in [0.3, 0.4) is 0 Å². The van der Waals surface area contributed by atoms with E-state index in [1.54, 1.807) is 12.1 Å². The van der Waals surface area contributed by atoms with E-state index < -0.39 is 0 Å². The summed E-state index contributed by atoms with van der Waals surface area (Å²) >= 11 is 13.0. The zero-order chi connectivity index (χ0) is 16.4. The van der Waals surface area contributed by atoms with Crippen LogP contribution in [-0.4, -0.2) is 10.8 Å². The molecule has 1 aromatic heterocycles. The van der Waals surface area contributed by atoms with Crippen molar-refractivity contribution in [3.8, 4) is 0 Å². The molecule has 0 radical (unpaired) electrons. The quantitative estimate of drug-likeness (QED) is 0.639. The SMILES string of the molecule is Nc1nc(Nc2ccccc2)sc1C(=O)c1ccc(Cl)c(Cl)c1. The summed E-state index contributed by atoms with van der Waals surface area (Å²) in [5.74, 6) is -0.0517. The Morgan fingerprint density at radius 2 is 1.83 bits per heavy atom. The van der Waals surface area contributed by atoms with Crippen LogP contribution < -0.4 is 11.1 Å². The largest absolute Gasteiger partial charge is 0.382 e. The number of benzene rings is 2. The normalized spacial score (nSPS) is 10.5. The number of anilines is 3. The Hall–Kier alpha value is -2.08. The number of hydrogen-bond acceptors (Lipinski definition) is 5. The molecule has 3 aromatic rings. The van der Waals surface area contributed by atoms with E-state index in [4.69, 9.17) is 28.9 Å². The number of hydrogen-bond donors (Lipinski definition) is 2. The Kier molecular flexibility index (Phi) is 4.52. The van der Waals surface area contributed by atoms with Crippen molar-refractivity contribution in [2.24, 2.45) is 0 Å². The number of aromatic nitrogens is 1. The van der Waals surface area contributed by atoms with Crippen LogP contribution in [0, 0.1) is 0 Å². The molecule has 4 nitrogen and oxygen atoms in total. The highest BCUT2D eigenvalue weighted by atomic mass is 35.5. The van der Waals surface area contributed by atoms with E-state index in [1.807, 2.05) is 30.3 Å². The molecule has 0 spiro atoms. The fourth-order valence-electron chi connectivity index (χ4n) is 1.96. The minimum Gasteiger partial charge on any atom is -0.382 e. The zero-order valence-corrected chi connectivity index (χ0v) is 14.0. The van der Waals surface area contributed by atoms with Gasteiger partial charge in [-0.05, 0) is 30.3 Å². The fraction of sp³-hybridized carbons (Fsp3) is 0. The molecule has 7 heteroatoms. The molecule has 2 aromatic carbocycles. The summed E-state index contributed by atoms with van der Waals surface area (Å²) < 4.78 is 0. The molecule has 3 N–H and O–H groups in total. The van der Waals surface area contributed by atoms with Crippen molar-refractivity contribution in [3.05, 3.63) is 69.0 Å². The second-order valence-electron chi connectivity index (χ2n) is 4.68. The van der Waals surface area contributed by atoms with E-state index in [9.17, 15) is 4.79 Å². The molecule has 0 amide bonds. The number of halogens is 2. The van der Waals surface area contributed by atoms with Gasteiger partial charge in [-0.25, -0.2) is 4.98 Å². The number of rotatable bonds is 4. The summed E-state index contributed by atoms with van der Waals surface area (Å²) in [7, 11) is 0. The van der Waals surface area contributed by atoms with Crippen LogP contribution in [0.25, 0.3) is 0 Å². The first kappa shape index (κ1) is 15.8. The molecule has 3 rings (SSSR count). The molecule has 0 atom stereocenters. The van der Waals surface area contributed by atoms with Crippen LogP contribution in [-0.2, 0) is 0 Å². The third-order valence-electron chi connectivity index (χ3n) is 3.07. The van der Waals surface area contributed by atoms with Crippen LogP contribution in [0.2, 0.25) is 10.0 Å². The molecule has 0 aliphatic rings. The smallest absolute Gasteiger partial charge is 0.206 e.